The van der Waals surface area contributed by atoms with Gasteiger partial charge in [-0.2, -0.15) is 8.42 Å². The molecule has 0 unspecified atom stereocenters. The molecule has 2 N–H and O–H groups in total. The van der Waals surface area contributed by atoms with E-state index in [0.29, 0.717) is 27.5 Å². The molecule has 9 nitrogen and oxygen atoms in total. The van der Waals surface area contributed by atoms with Crippen LogP contribution in [0, 0.1) is 19.7 Å². The molecule has 0 aliphatic carbocycles. The molecular formula is C21H19FN4O5S2. The zero-order chi connectivity index (χ0) is 23.8. The van der Waals surface area contributed by atoms with Gasteiger partial charge in [0.05, 0.1) is 0 Å². The zero-order valence-corrected chi connectivity index (χ0v) is 19.4. The minimum atomic E-state index is -3.96. The second kappa shape index (κ2) is 8.89. The highest BCUT2D eigenvalue weighted by atomic mass is 32.2. The Labute approximate surface area is 192 Å². The molecule has 4 rings (SSSR count). The van der Waals surface area contributed by atoms with Crippen LogP contribution in [-0.4, -0.2) is 25.4 Å². The third-order valence-electron chi connectivity index (χ3n) is 5.03. The number of hydrogen-bond acceptors (Lipinski definition) is 8. The minimum absolute atomic E-state index is 0.0917. The average molecular weight is 491 g/mol. The molecule has 3 heterocycles. The second-order valence-electron chi connectivity index (χ2n) is 7.13. The maximum Gasteiger partial charge on any atom is 0.340 e. The number of rotatable bonds is 7. The smallest absolute Gasteiger partial charge is 0.340 e. The van der Waals surface area contributed by atoms with Gasteiger partial charge in [-0.05, 0) is 42.7 Å². The summed E-state index contributed by atoms with van der Waals surface area (Å²) in [6, 6.07) is 4.84. The number of pyridine rings is 1. The van der Waals surface area contributed by atoms with E-state index >= 15 is 0 Å². The summed E-state index contributed by atoms with van der Waals surface area (Å²) in [4.78, 5) is 20.6. The summed E-state index contributed by atoms with van der Waals surface area (Å²) >= 11 is 1.34. The van der Waals surface area contributed by atoms with Crippen molar-refractivity contribution in [2.45, 2.75) is 20.3 Å². The lowest BCUT2D eigenvalue weighted by molar-refractivity contribution is 0.472. The van der Waals surface area contributed by atoms with Crippen LogP contribution in [0.3, 0.4) is 0 Å². The Balaban J connectivity index is 1.73. The van der Waals surface area contributed by atoms with Crippen molar-refractivity contribution in [2.75, 3.05) is 11.8 Å². The number of nitrogens with one attached hydrogen (secondary N) is 2. The molecule has 0 bridgehead atoms. The van der Waals surface area contributed by atoms with E-state index in [1.807, 2.05) is 22.4 Å². The molecular weight excluding hydrogens is 471 g/mol. The monoisotopic (exact) mass is 490 g/mol. The van der Waals surface area contributed by atoms with Gasteiger partial charge in [-0.15, -0.1) is 0 Å². The first-order valence-electron chi connectivity index (χ1n) is 9.67. The van der Waals surface area contributed by atoms with E-state index in [1.165, 1.54) is 30.6 Å². The molecule has 0 amide bonds. The van der Waals surface area contributed by atoms with Gasteiger partial charge in [0, 0.05) is 48.3 Å². The molecule has 172 valence electrons. The average Bonchev–Trinajstić information content (AvgIpc) is 3.28. The Morgan fingerprint density at radius 3 is 2.70 bits per heavy atom. The number of ether oxygens (including phenoxy) is 1. The van der Waals surface area contributed by atoms with Crippen molar-refractivity contribution in [3.8, 4) is 10.9 Å². The number of halogens is 1. The van der Waals surface area contributed by atoms with Crippen LogP contribution in [0.4, 0.5) is 10.2 Å². The fraction of sp³-hybridized carbons (Fsp3) is 0.190. The maximum atomic E-state index is 14.9. The van der Waals surface area contributed by atoms with E-state index in [0.717, 1.165) is 5.56 Å². The highest BCUT2D eigenvalue weighted by Gasteiger charge is 2.19. The topological polar surface area (TPSA) is 123 Å². The van der Waals surface area contributed by atoms with E-state index in [4.69, 9.17) is 9.15 Å². The Kier molecular flexibility index (Phi) is 6.15. The number of nitrogens with zero attached hydrogens (tertiary/aromatic N) is 2. The van der Waals surface area contributed by atoms with Gasteiger partial charge in [0.2, 0.25) is 0 Å². The van der Waals surface area contributed by atoms with Crippen LogP contribution in [0.5, 0.6) is 10.9 Å². The van der Waals surface area contributed by atoms with Crippen LogP contribution in [-0.2, 0) is 16.6 Å². The van der Waals surface area contributed by atoms with E-state index in [-0.39, 0.29) is 17.5 Å². The number of aryl methyl sites for hydroxylation is 2. The third-order valence-corrected chi connectivity index (χ3v) is 6.67. The van der Waals surface area contributed by atoms with E-state index in [1.54, 1.807) is 24.6 Å². The second-order valence-corrected chi connectivity index (χ2v) is 9.60. The molecule has 12 heteroatoms. The zero-order valence-electron chi connectivity index (χ0n) is 17.8. The maximum absolute atomic E-state index is 14.9. The van der Waals surface area contributed by atoms with E-state index in [9.17, 15) is 17.6 Å². The summed E-state index contributed by atoms with van der Waals surface area (Å²) in [6.07, 6.45) is 2.78. The summed E-state index contributed by atoms with van der Waals surface area (Å²) in [7, 11) is -2.77. The third kappa shape index (κ3) is 4.72. The van der Waals surface area contributed by atoms with Gasteiger partial charge in [0.25, 0.3) is 15.4 Å². The molecule has 0 radical (unpaired) electrons. The molecule has 4 aromatic rings. The van der Waals surface area contributed by atoms with Crippen LogP contribution in [0.1, 0.15) is 22.3 Å². The molecule has 1 aromatic carbocycles. The van der Waals surface area contributed by atoms with Gasteiger partial charge < -0.3 is 9.15 Å². The van der Waals surface area contributed by atoms with Crippen LogP contribution in [0.25, 0.3) is 11.0 Å². The highest BCUT2D eigenvalue weighted by molar-refractivity contribution is 7.90. The van der Waals surface area contributed by atoms with Gasteiger partial charge in [-0.3, -0.25) is 4.72 Å². The van der Waals surface area contributed by atoms with Gasteiger partial charge >= 0.3 is 5.63 Å². The SMILES string of the molecule is CNS(=O)(=O)Nc1nccc(Cc2c(C)c3cc(C)c(Oc4nccs4)cc3oc2=O)c1F. The van der Waals surface area contributed by atoms with Crippen molar-refractivity contribution in [1.82, 2.24) is 14.7 Å². The minimum Gasteiger partial charge on any atom is -0.430 e. The van der Waals surface area contributed by atoms with Crippen molar-refractivity contribution in [3.05, 3.63) is 74.5 Å². The molecule has 0 saturated heterocycles. The van der Waals surface area contributed by atoms with Crippen molar-refractivity contribution < 1.29 is 22.0 Å². The summed E-state index contributed by atoms with van der Waals surface area (Å²) in [5.74, 6) is -0.836. The molecule has 0 fully saturated rings. The Hall–Kier alpha value is -3.35. The fourth-order valence-electron chi connectivity index (χ4n) is 3.25. The fourth-order valence-corrected chi connectivity index (χ4v) is 4.25. The van der Waals surface area contributed by atoms with Crippen molar-refractivity contribution in [3.63, 3.8) is 0 Å². The Morgan fingerprint density at radius 1 is 1.21 bits per heavy atom. The Morgan fingerprint density at radius 2 is 2.00 bits per heavy atom. The van der Waals surface area contributed by atoms with Crippen LogP contribution in [0.15, 0.2) is 45.2 Å². The first-order valence-corrected chi connectivity index (χ1v) is 12.0. The van der Waals surface area contributed by atoms with Crippen LogP contribution < -0.4 is 19.8 Å². The predicted molar refractivity (Wildman–Crippen MR) is 123 cm³/mol. The standard InChI is InChI=1S/C21H19FN4O5S2/c1-11-8-14-12(2)15(9-13-4-5-24-19(18(13)22)26-33(28,29)23-3)20(27)30-17(14)10-16(11)31-21-25-6-7-32-21/h4-8,10,23H,9H2,1-3H3,(H,24,26). The first-order chi connectivity index (χ1) is 15.7. The lowest BCUT2D eigenvalue weighted by Crippen LogP contribution is -2.27. The lowest BCUT2D eigenvalue weighted by atomic mass is 9.98. The van der Waals surface area contributed by atoms with Crippen molar-refractivity contribution in [1.29, 1.82) is 0 Å². The molecule has 0 spiro atoms. The van der Waals surface area contributed by atoms with Gasteiger partial charge in [-0.25, -0.2) is 23.9 Å². The van der Waals surface area contributed by atoms with Crippen LogP contribution in [0.2, 0.25) is 0 Å². The van der Waals surface area contributed by atoms with E-state index < -0.39 is 27.5 Å². The van der Waals surface area contributed by atoms with Gasteiger partial charge in [0.1, 0.15) is 11.3 Å². The molecule has 0 aliphatic heterocycles. The molecule has 0 aliphatic rings. The largest absolute Gasteiger partial charge is 0.430 e. The molecule has 33 heavy (non-hydrogen) atoms. The first kappa shape index (κ1) is 22.8. The number of hydrogen-bond donors (Lipinski definition) is 2. The lowest BCUT2D eigenvalue weighted by Gasteiger charge is -2.13. The number of fused-ring (bicyclic) bond motifs is 1. The number of anilines is 1. The van der Waals surface area contributed by atoms with Gasteiger partial charge in [-0.1, -0.05) is 11.3 Å². The highest BCUT2D eigenvalue weighted by Crippen LogP contribution is 2.32. The molecule has 0 saturated carbocycles. The molecule has 3 aromatic heterocycles. The number of aromatic nitrogens is 2. The summed E-state index contributed by atoms with van der Waals surface area (Å²) in [5.41, 5.74) is 1.48. The van der Waals surface area contributed by atoms with Gasteiger partial charge in [0.15, 0.2) is 11.6 Å². The number of thiazole rings is 1. The normalized spacial score (nSPS) is 11.6. The van der Waals surface area contributed by atoms with E-state index in [2.05, 4.69) is 9.97 Å². The summed E-state index contributed by atoms with van der Waals surface area (Å²) in [6.45, 7) is 3.61. The van der Waals surface area contributed by atoms with Crippen molar-refractivity contribution >= 4 is 38.3 Å². The number of benzene rings is 1. The van der Waals surface area contributed by atoms with Crippen molar-refractivity contribution in [2.24, 2.45) is 0 Å². The summed E-state index contributed by atoms with van der Waals surface area (Å²) < 4.78 is 53.6. The summed E-state index contributed by atoms with van der Waals surface area (Å²) in [5, 5.41) is 2.93. The predicted octanol–water partition coefficient (Wildman–Crippen LogP) is 3.66. The quantitative estimate of drug-likeness (QED) is 0.379. The Bertz CT molecular complexity index is 1500. The van der Waals surface area contributed by atoms with Crippen LogP contribution >= 0.6 is 11.3 Å². The molecule has 0 atom stereocenters.